The van der Waals surface area contributed by atoms with Crippen LogP contribution in [0.3, 0.4) is 0 Å². The Kier molecular flexibility index (Phi) is 5.38. The number of hydrogen-bond acceptors (Lipinski definition) is 3. The first-order valence-electron chi connectivity index (χ1n) is 7.22. The summed E-state index contributed by atoms with van der Waals surface area (Å²) >= 11 is 0. The van der Waals surface area contributed by atoms with Crippen LogP contribution in [0.4, 0.5) is 4.79 Å². The zero-order chi connectivity index (χ0) is 15.1. The van der Waals surface area contributed by atoms with Crippen LogP contribution in [0.15, 0.2) is 54.6 Å². The second kappa shape index (κ2) is 7.48. The summed E-state index contributed by atoms with van der Waals surface area (Å²) in [6, 6.07) is 17.1. The number of para-hydroxylation sites is 1. The zero-order valence-electron chi connectivity index (χ0n) is 12.4. The Morgan fingerprint density at radius 3 is 2.43 bits per heavy atom. The van der Waals surface area contributed by atoms with E-state index < -0.39 is 6.16 Å². The third kappa shape index (κ3) is 4.35. The minimum Gasteiger partial charge on any atom is -0.426 e. The second-order valence-corrected chi connectivity index (χ2v) is 4.88. The molecule has 0 aromatic heterocycles. The van der Waals surface area contributed by atoms with Crippen LogP contribution in [0.1, 0.15) is 37.5 Å². The molecule has 0 aliphatic rings. The summed E-state index contributed by atoms with van der Waals surface area (Å²) in [5.74, 6) is 0.574. The molecule has 0 fully saturated rings. The topological polar surface area (TPSA) is 35.5 Å². The fraction of sp³-hybridized carbons (Fsp3) is 0.278. The molecule has 0 saturated heterocycles. The molecule has 1 unspecified atom stereocenters. The zero-order valence-corrected chi connectivity index (χ0v) is 12.4. The van der Waals surface area contributed by atoms with Gasteiger partial charge in [0, 0.05) is 0 Å². The lowest BCUT2D eigenvalue weighted by Gasteiger charge is -2.14. The monoisotopic (exact) mass is 284 g/mol. The Morgan fingerprint density at radius 2 is 1.71 bits per heavy atom. The quantitative estimate of drug-likeness (QED) is 0.577. The minimum absolute atomic E-state index is 0.336. The number of hydrogen-bond donors (Lipinski definition) is 0. The van der Waals surface area contributed by atoms with Gasteiger partial charge in [0.1, 0.15) is 11.9 Å². The molecule has 0 aliphatic heterocycles. The van der Waals surface area contributed by atoms with Gasteiger partial charge in [0.05, 0.1) is 0 Å². The van der Waals surface area contributed by atoms with Gasteiger partial charge in [-0.05, 0) is 30.5 Å². The molecule has 0 heterocycles. The summed E-state index contributed by atoms with van der Waals surface area (Å²) in [5, 5.41) is 0. The molecule has 0 amide bonds. The van der Waals surface area contributed by atoms with Gasteiger partial charge in [0.15, 0.2) is 0 Å². The Labute approximate surface area is 125 Å². The first-order valence-corrected chi connectivity index (χ1v) is 7.22. The summed E-state index contributed by atoms with van der Waals surface area (Å²) in [7, 11) is 0. The summed E-state index contributed by atoms with van der Waals surface area (Å²) in [4.78, 5) is 11.9. The van der Waals surface area contributed by atoms with E-state index in [1.165, 1.54) is 0 Å². The van der Waals surface area contributed by atoms with E-state index in [0.717, 1.165) is 24.0 Å². The summed E-state index contributed by atoms with van der Waals surface area (Å²) in [6.45, 7) is 3.92. The smallest absolute Gasteiger partial charge is 0.426 e. The molecule has 0 radical (unpaired) electrons. The Balaban J connectivity index is 1.99. The maximum atomic E-state index is 11.9. The third-order valence-electron chi connectivity index (χ3n) is 3.23. The van der Waals surface area contributed by atoms with Gasteiger partial charge in [0.25, 0.3) is 0 Å². The molecule has 110 valence electrons. The van der Waals surface area contributed by atoms with Crippen molar-refractivity contribution in [3.8, 4) is 5.75 Å². The third-order valence-corrected chi connectivity index (χ3v) is 3.23. The fourth-order valence-corrected chi connectivity index (χ4v) is 2.13. The van der Waals surface area contributed by atoms with Gasteiger partial charge in [-0.1, -0.05) is 61.9 Å². The van der Waals surface area contributed by atoms with E-state index in [4.69, 9.17) is 9.47 Å². The van der Waals surface area contributed by atoms with Crippen molar-refractivity contribution in [1.82, 2.24) is 0 Å². The van der Waals surface area contributed by atoms with Crippen molar-refractivity contribution < 1.29 is 14.3 Å². The van der Waals surface area contributed by atoms with Crippen molar-refractivity contribution in [2.24, 2.45) is 0 Å². The van der Waals surface area contributed by atoms with E-state index >= 15 is 0 Å². The van der Waals surface area contributed by atoms with E-state index in [0.29, 0.717) is 5.75 Å². The van der Waals surface area contributed by atoms with Crippen LogP contribution < -0.4 is 4.74 Å². The lowest BCUT2D eigenvalue weighted by Crippen LogP contribution is -2.14. The largest absolute Gasteiger partial charge is 0.514 e. The Bertz CT molecular complexity index is 578. The van der Waals surface area contributed by atoms with Crippen molar-refractivity contribution in [1.29, 1.82) is 0 Å². The normalized spacial score (nSPS) is 11.7. The van der Waals surface area contributed by atoms with E-state index in [1.54, 1.807) is 6.07 Å². The molecule has 3 nitrogen and oxygen atoms in total. The van der Waals surface area contributed by atoms with Crippen molar-refractivity contribution >= 4 is 6.16 Å². The predicted octanol–water partition coefficient (Wildman–Crippen LogP) is 4.92. The fourth-order valence-electron chi connectivity index (χ4n) is 2.13. The van der Waals surface area contributed by atoms with E-state index in [9.17, 15) is 4.79 Å². The van der Waals surface area contributed by atoms with Crippen LogP contribution in [-0.4, -0.2) is 6.16 Å². The number of aryl methyl sites for hydroxylation is 1. The lowest BCUT2D eigenvalue weighted by molar-refractivity contribution is 0.0652. The molecule has 2 rings (SSSR count). The number of carbonyl (C=O) groups is 1. The van der Waals surface area contributed by atoms with Crippen molar-refractivity contribution in [2.75, 3.05) is 0 Å². The maximum Gasteiger partial charge on any atom is 0.514 e. The molecule has 2 aromatic rings. The van der Waals surface area contributed by atoms with E-state index in [1.807, 2.05) is 55.5 Å². The summed E-state index contributed by atoms with van der Waals surface area (Å²) < 4.78 is 10.6. The first-order chi connectivity index (χ1) is 10.2. The van der Waals surface area contributed by atoms with E-state index in [-0.39, 0.29) is 6.10 Å². The van der Waals surface area contributed by atoms with Gasteiger partial charge in [-0.2, -0.15) is 0 Å². The van der Waals surface area contributed by atoms with Crippen molar-refractivity contribution in [2.45, 2.75) is 32.8 Å². The Hall–Kier alpha value is -2.29. The molecule has 21 heavy (non-hydrogen) atoms. The van der Waals surface area contributed by atoms with Gasteiger partial charge in [-0.3, -0.25) is 0 Å². The molecule has 2 aromatic carbocycles. The molecule has 0 spiro atoms. The van der Waals surface area contributed by atoms with Crippen molar-refractivity contribution in [3.05, 3.63) is 65.7 Å². The molecule has 0 N–H and O–H groups in total. The minimum atomic E-state index is -0.671. The highest BCUT2D eigenvalue weighted by atomic mass is 16.7. The summed E-state index contributed by atoms with van der Waals surface area (Å²) in [5.41, 5.74) is 1.96. The lowest BCUT2D eigenvalue weighted by atomic mass is 10.1. The molecule has 0 bridgehead atoms. The highest BCUT2D eigenvalue weighted by Gasteiger charge is 2.14. The van der Waals surface area contributed by atoms with Gasteiger partial charge < -0.3 is 9.47 Å². The molecule has 3 heteroatoms. The van der Waals surface area contributed by atoms with Crippen LogP contribution >= 0.6 is 0 Å². The Morgan fingerprint density at radius 1 is 1.05 bits per heavy atom. The number of carbonyl (C=O) groups excluding carboxylic acids is 1. The van der Waals surface area contributed by atoms with E-state index in [2.05, 4.69) is 6.92 Å². The maximum absolute atomic E-state index is 11.9. The predicted molar refractivity (Wildman–Crippen MR) is 82.4 cm³/mol. The van der Waals surface area contributed by atoms with Crippen LogP contribution in [0, 0.1) is 0 Å². The highest BCUT2D eigenvalue weighted by molar-refractivity contribution is 5.65. The van der Waals surface area contributed by atoms with Gasteiger partial charge in [-0.15, -0.1) is 0 Å². The number of ether oxygens (including phenoxy) is 2. The highest BCUT2D eigenvalue weighted by Crippen LogP contribution is 2.22. The summed E-state index contributed by atoms with van der Waals surface area (Å²) in [6.07, 6.45) is 0.861. The van der Waals surface area contributed by atoms with Crippen LogP contribution in [-0.2, 0) is 11.2 Å². The standard InChI is InChI=1S/C18H20O3/c1-3-9-16-12-7-8-13-17(16)21-18(19)20-14(2)15-10-5-4-6-11-15/h4-8,10-14H,3,9H2,1-2H3. The van der Waals surface area contributed by atoms with Gasteiger partial charge >= 0.3 is 6.16 Å². The van der Waals surface area contributed by atoms with Crippen LogP contribution in [0.2, 0.25) is 0 Å². The number of rotatable bonds is 5. The SMILES string of the molecule is CCCc1ccccc1OC(=O)OC(C)c1ccccc1. The molecular formula is C18H20O3. The van der Waals surface area contributed by atoms with Crippen molar-refractivity contribution in [3.63, 3.8) is 0 Å². The van der Waals surface area contributed by atoms with Crippen LogP contribution in [0.5, 0.6) is 5.75 Å². The molecule has 1 atom stereocenters. The van der Waals surface area contributed by atoms with Gasteiger partial charge in [-0.25, -0.2) is 4.79 Å². The average molecular weight is 284 g/mol. The molecular weight excluding hydrogens is 264 g/mol. The molecule has 0 aliphatic carbocycles. The second-order valence-electron chi connectivity index (χ2n) is 4.88. The average Bonchev–Trinajstić information content (AvgIpc) is 2.50. The first kappa shape index (κ1) is 15.1. The van der Waals surface area contributed by atoms with Gasteiger partial charge in [0.2, 0.25) is 0 Å². The molecule has 0 saturated carbocycles. The van der Waals surface area contributed by atoms with Crippen LogP contribution in [0.25, 0.3) is 0 Å². The number of benzene rings is 2.